The van der Waals surface area contributed by atoms with Crippen molar-refractivity contribution >= 4 is 23.2 Å². The molecule has 0 aliphatic carbocycles. The summed E-state index contributed by atoms with van der Waals surface area (Å²) in [6, 6.07) is 2.04. The van der Waals surface area contributed by atoms with Gasteiger partial charge in [-0.2, -0.15) is 10.2 Å². The lowest BCUT2D eigenvalue weighted by atomic mass is 9.89. The van der Waals surface area contributed by atoms with Crippen molar-refractivity contribution in [2.45, 2.75) is 52.2 Å². The molecule has 10 heteroatoms. The van der Waals surface area contributed by atoms with Crippen LogP contribution in [0, 0.1) is 5.92 Å². The summed E-state index contributed by atoms with van der Waals surface area (Å²) >= 11 is 0. The molecule has 1 aliphatic heterocycles. The fourth-order valence-electron chi connectivity index (χ4n) is 4.44. The highest BCUT2D eigenvalue weighted by molar-refractivity contribution is 6.02. The highest BCUT2D eigenvalue weighted by atomic mass is 16.6. The largest absolute Gasteiger partial charge is 0.444 e. The zero-order chi connectivity index (χ0) is 24.6. The predicted molar refractivity (Wildman–Crippen MR) is 130 cm³/mol. The molecule has 2 atom stereocenters. The average Bonchev–Trinajstić information content (AvgIpc) is 3.39. The zero-order valence-corrected chi connectivity index (χ0v) is 20.4. The molecule has 34 heavy (non-hydrogen) atoms. The molecule has 182 valence electrons. The van der Waals surface area contributed by atoms with Gasteiger partial charge in [-0.1, -0.05) is 6.92 Å². The maximum absolute atomic E-state index is 12.6. The van der Waals surface area contributed by atoms with Gasteiger partial charge in [0.1, 0.15) is 5.60 Å². The van der Waals surface area contributed by atoms with E-state index in [1.54, 1.807) is 20.3 Å². The van der Waals surface area contributed by atoms with E-state index < -0.39 is 11.5 Å². The maximum atomic E-state index is 12.6. The summed E-state index contributed by atoms with van der Waals surface area (Å²) < 4.78 is 9.05. The van der Waals surface area contributed by atoms with Crippen LogP contribution in [0.2, 0.25) is 0 Å². The van der Waals surface area contributed by atoms with E-state index >= 15 is 0 Å². The summed E-state index contributed by atoms with van der Waals surface area (Å²) in [5.74, 6) is -0.358. The number of hydrogen-bond acceptors (Lipinski definition) is 6. The minimum atomic E-state index is -0.541. The second-order valence-electron chi connectivity index (χ2n) is 9.89. The number of primary amides is 1. The van der Waals surface area contributed by atoms with Crippen molar-refractivity contribution in [2.75, 3.05) is 18.4 Å². The van der Waals surface area contributed by atoms with Crippen LogP contribution >= 0.6 is 0 Å². The van der Waals surface area contributed by atoms with Crippen molar-refractivity contribution < 1.29 is 14.3 Å². The zero-order valence-electron chi connectivity index (χ0n) is 20.4. The van der Waals surface area contributed by atoms with E-state index in [0.717, 1.165) is 29.5 Å². The highest BCUT2D eigenvalue weighted by Gasteiger charge is 2.33. The Hall–Kier alpha value is -3.56. The summed E-state index contributed by atoms with van der Waals surface area (Å²) in [6.45, 7) is 8.86. The van der Waals surface area contributed by atoms with Gasteiger partial charge in [0, 0.05) is 49.7 Å². The topological polar surface area (TPSA) is 120 Å². The number of aryl methyl sites for hydroxylation is 1. The van der Waals surface area contributed by atoms with Crippen LogP contribution in [-0.2, 0) is 11.8 Å². The van der Waals surface area contributed by atoms with Gasteiger partial charge in [-0.3, -0.25) is 9.48 Å². The van der Waals surface area contributed by atoms with Crippen LogP contribution in [-0.4, -0.2) is 61.0 Å². The van der Waals surface area contributed by atoms with Gasteiger partial charge in [0.05, 0.1) is 29.2 Å². The van der Waals surface area contributed by atoms with Crippen LogP contribution in [0.3, 0.4) is 0 Å². The first-order valence-corrected chi connectivity index (χ1v) is 11.6. The molecular formula is C24H33N7O3. The van der Waals surface area contributed by atoms with Crippen molar-refractivity contribution in [3.8, 4) is 11.1 Å². The molecule has 3 N–H and O–H groups in total. The lowest BCUT2D eigenvalue weighted by molar-refractivity contribution is 0.0153. The Kier molecular flexibility index (Phi) is 6.24. The fraction of sp³-hybridized carbons (Fsp3) is 0.500. The van der Waals surface area contributed by atoms with Crippen molar-refractivity contribution in [3.05, 3.63) is 36.4 Å². The number of piperidine rings is 1. The Bertz CT molecular complexity index is 1210. The number of carbonyl (C=O) groups excluding carboxylic acids is 2. The highest BCUT2D eigenvalue weighted by Crippen LogP contribution is 2.32. The molecule has 2 amide bonds. The molecule has 1 fully saturated rings. The number of anilines is 1. The van der Waals surface area contributed by atoms with E-state index in [2.05, 4.69) is 22.4 Å². The van der Waals surface area contributed by atoms with Gasteiger partial charge in [-0.15, -0.1) is 0 Å². The minimum absolute atomic E-state index is 0.0599. The lowest BCUT2D eigenvalue weighted by Crippen LogP contribution is -2.49. The molecule has 0 aromatic carbocycles. The summed E-state index contributed by atoms with van der Waals surface area (Å²) in [5.41, 5.74) is 8.83. The molecule has 0 radical (unpaired) electrons. The van der Waals surface area contributed by atoms with Gasteiger partial charge >= 0.3 is 6.09 Å². The van der Waals surface area contributed by atoms with Crippen LogP contribution in [0.15, 0.2) is 30.9 Å². The van der Waals surface area contributed by atoms with E-state index in [9.17, 15) is 9.59 Å². The van der Waals surface area contributed by atoms with Crippen molar-refractivity contribution in [3.63, 3.8) is 0 Å². The Morgan fingerprint density at radius 3 is 2.59 bits per heavy atom. The number of aromatic nitrogens is 4. The molecule has 4 heterocycles. The molecule has 3 aromatic heterocycles. The lowest BCUT2D eigenvalue weighted by Gasteiger charge is -2.39. The second-order valence-corrected chi connectivity index (χ2v) is 9.89. The van der Waals surface area contributed by atoms with E-state index in [1.807, 2.05) is 46.3 Å². The Labute approximate surface area is 199 Å². The maximum Gasteiger partial charge on any atom is 0.410 e. The molecule has 10 nitrogen and oxygen atoms in total. The normalized spacial score (nSPS) is 18.8. The van der Waals surface area contributed by atoms with Gasteiger partial charge in [0.15, 0.2) is 0 Å². The van der Waals surface area contributed by atoms with E-state index in [1.165, 1.54) is 6.20 Å². The predicted octanol–water partition coefficient (Wildman–Crippen LogP) is 3.28. The SMILES string of the molecule is CCC1CN(C(=O)OC(C)(C)C)CCC1Nc1c(C(N)=O)cnn2cc(-c3cnn(C)c3)cc12. The van der Waals surface area contributed by atoms with Crippen LogP contribution < -0.4 is 11.1 Å². The van der Waals surface area contributed by atoms with Crippen LogP contribution in [0.4, 0.5) is 10.5 Å². The number of hydrogen-bond donors (Lipinski definition) is 2. The Morgan fingerprint density at radius 1 is 1.21 bits per heavy atom. The standard InChI is InChI=1S/C24H33N7O3/c1-6-15-13-30(23(33)34-24(2,3)4)8-7-19(15)28-21-18(22(25)32)11-27-31-14-16(9-20(21)31)17-10-26-29(5)12-17/h9-12,14-15,19,28H,6-8,13H2,1-5H3,(H2,25,32). The summed E-state index contributed by atoms with van der Waals surface area (Å²) in [6.07, 6.45) is 8.42. The monoisotopic (exact) mass is 467 g/mol. The summed E-state index contributed by atoms with van der Waals surface area (Å²) in [7, 11) is 1.87. The Balaban J connectivity index is 1.62. The number of amides is 2. The van der Waals surface area contributed by atoms with Crippen LogP contribution in [0.1, 0.15) is 50.9 Å². The molecule has 4 rings (SSSR count). The molecule has 0 saturated carbocycles. The van der Waals surface area contributed by atoms with Gasteiger partial charge < -0.3 is 20.7 Å². The molecule has 0 spiro atoms. The molecule has 0 bridgehead atoms. The first-order chi connectivity index (χ1) is 16.1. The first-order valence-electron chi connectivity index (χ1n) is 11.6. The third-order valence-electron chi connectivity index (χ3n) is 6.18. The van der Waals surface area contributed by atoms with Crippen LogP contribution in [0.5, 0.6) is 0 Å². The van der Waals surface area contributed by atoms with Crippen molar-refractivity contribution in [1.29, 1.82) is 0 Å². The van der Waals surface area contributed by atoms with Gasteiger partial charge in [0.2, 0.25) is 0 Å². The molecule has 2 unspecified atom stereocenters. The smallest absolute Gasteiger partial charge is 0.410 e. The van der Waals surface area contributed by atoms with Crippen molar-refractivity contribution in [2.24, 2.45) is 18.7 Å². The van der Waals surface area contributed by atoms with E-state index in [0.29, 0.717) is 24.3 Å². The summed E-state index contributed by atoms with van der Waals surface area (Å²) in [5, 5.41) is 12.2. The third-order valence-corrected chi connectivity index (χ3v) is 6.18. The number of carbonyl (C=O) groups is 2. The fourth-order valence-corrected chi connectivity index (χ4v) is 4.44. The number of fused-ring (bicyclic) bond motifs is 1. The van der Waals surface area contributed by atoms with Gasteiger partial charge in [-0.05, 0) is 45.6 Å². The number of rotatable bonds is 5. The number of nitrogens with one attached hydrogen (secondary N) is 1. The van der Waals surface area contributed by atoms with Gasteiger partial charge in [0.25, 0.3) is 5.91 Å². The number of nitrogens with zero attached hydrogens (tertiary/aromatic N) is 5. The molecule has 1 saturated heterocycles. The van der Waals surface area contributed by atoms with Gasteiger partial charge in [-0.25, -0.2) is 9.31 Å². The van der Waals surface area contributed by atoms with E-state index in [-0.39, 0.29) is 18.1 Å². The number of ether oxygens (including phenoxy) is 1. The summed E-state index contributed by atoms with van der Waals surface area (Å²) in [4.78, 5) is 26.6. The molecule has 3 aromatic rings. The van der Waals surface area contributed by atoms with Crippen LogP contribution in [0.25, 0.3) is 16.6 Å². The first kappa shape index (κ1) is 23.6. The van der Waals surface area contributed by atoms with E-state index in [4.69, 9.17) is 10.5 Å². The molecule has 1 aliphatic rings. The third kappa shape index (κ3) is 4.85. The second kappa shape index (κ2) is 9.00. The minimum Gasteiger partial charge on any atom is -0.444 e. The average molecular weight is 468 g/mol. The quantitative estimate of drug-likeness (QED) is 0.594. The number of likely N-dealkylation sites (tertiary alicyclic amines) is 1. The number of nitrogens with two attached hydrogens (primary N) is 1. The van der Waals surface area contributed by atoms with Crippen molar-refractivity contribution in [1.82, 2.24) is 24.3 Å². The Morgan fingerprint density at radius 2 is 1.97 bits per heavy atom. The molecular weight excluding hydrogens is 434 g/mol.